The molecule has 0 spiro atoms. The third kappa shape index (κ3) is 8.44. The number of likely N-dealkylation sites (N-methyl/N-ethyl adjacent to an activating group) is 1. The SMILES string of the molecule is CN1C(=O)[C@H](C2CC2)NCCOc2ccccc2CCCNC(=O)[C@@H](Cc2ccc(Cl)cc2)NC(=O)[C@@H]1C(C)(C)O. The summed E-state index contributed by atoms with van der Waals surface area (Å²) in [6, 6.07) is 12.2. The van der Waals surface area contributed by atoms with Crippen LogP contribution in [0.3, 0.4) is 0 Å². The lowest BCUT2D eigenvalue weighted by Crippen LogP contribution is -2.63. The first-order valence-electron chi connectivity index (χ1n) is 14.3. The maximum Gasteiger partial charge on any atom is 0.246 e. The van der Waals surface area contributed by atoms with Crippen molar-refractivity contribution in [3.8, 4) is 5.75 Å². The second-order valence-electron chi connectivity index (χ2n) is 11.5. The summed E-state index contributed by atoms with van der Waals surface area (Å²) in [6.07, 6.45) is 3.41. The van der Waals surface area contributed by atoms with Gasteiger partial charge in [-0.1, -0.05) is 41.9 Å². The Hall–Kier alpha value is -3.14. The molecule has 3 atom stereocenters. The normalized spacial score (nSPS) is 23.9. The van der Waals surface area contributed by atoms with Gasteiger partial charge in [0.1, 0.15) is 24.4 Å². The molecule has 0 aromatic heterocycles. The summed E-state index contributed by atoms with van der Waals surface area (Å²) >= 11 is 6.05. The van der Waals surface area contributed by atoms with Crippen molar-refractivity contribution in [2.24, 2.45) is 5.92 Å². The number of hydrogen-bond acceptors (Lipinski definition) is 6. The molecule has 0 saturated heterocycles. The fourth-order valence-electron chi connectivity index (χ4n) is 5.36. The highest BCUT2D eigenvalue weighted by molar-refractivity contribution is 6.30. The van der Waals surface area contributed by atoms with E-state index in [0.717, 1.165) is 29.7 Å². The van der Waals surface area contributed by atoms with E-state index in [9.17, 15) is 19.5 Å². The molecule has 10 heteroatoms. The Morgan fingerprint density at radius 2 is 1.73 bits per heavy atom. The number of carbonyl (C=O) groups excluding carboxylic acids is 3. The molecule has 0 unspecified atom stereocenters. The number of benzene rings is 2. The van der Waals surface area contributed by atoms with Gasteiger partial charge in [0.15, 0.2) is 0 Å². The lowest BCUT2D eigenvalue weighted by molar-refractivity contribution is -0.150. The van der Waals surface area contributed by atoms with Gasteiger partial charge in [-0.3, -0.25) is 14.4 Å². The summed E-state index contributed by atoms with van der Waals surface area (Å²) in [4.78, 5) is 42.2. The fourth-order valence-corrected chi connectivity index (χ4v) is 5.48. The van der Waals surface area contributed by atoms with Crippen molar-refractivity contribution in [1.82, 2.24) is 20.9 Å². The van der Waals surface area contributed by atoms with Crippen LogP contribution in [0.1, 0.15) is 44.2 Å². The molecule has 1 aliphatic carbocycles. The van der Waals surface area contributed by atoms with Crippen molar-refractivity contribution >= 4 is 29.3 Å². The molecular weight excluding hydrogens is 544 g/mol. The average Bonchev–Trinajstić information content (AvgIpc) is 3.76. The maximum atomic E-state index is 13.7. The third-order valence-electron chi connectivity index (χ3n) is 7.62. The van der Waals surface area contributed by atoms with Crippen molar-refractivity contribution in [2.45, 2.75) is 69.7 Å². The molecule has 3 amide bonds. The lowest BCUT2D eigenvalue weighted by Gasteiger charge is -2.38. The molecule has 1 fully saturated rings. The number of ether oxygens (including phenoxy) is 1. The number of amides is 3. The predicted octanol–water partition coefficient (Wildman–Crippen LogP) is 2.47. The molecule has 0 bridgehead atoms. The Balaban J connectivity index is 1.62. The van der Waals surface area contributed by atoms with Gasteiger partial charge in [-0.25, -0.2) is 0 Å². The number of rotatable bonds is 4. The van der Waals surface area contributed by atoms with Gasteiger partial charge in [-0.2, -0.15) is 0 Å². The van der Waals surface area contributed by atoms with Gasteiger partial charge in [-0.15, -0.1) is 0 Å². The van der Waals surface area contributed by atoms with E-state index >= 15 is 0 Å². The van der Waals surface area contributed by atoms with Crippen LogP contribution < -0.4 is 20.7 Å². The highest BCUT2D eigenvalue weighted by atomic mass is 35.5. The van der Waals surface area contributed by atoms with Crippen LogP contribution in [0.2, 0.25) is 5.02 Å². The number of hydrogen-bond donors (Lipinski definition) is 4. The van der Waals surface area contributed by atoms with Crippen LogP contribution in [0.4, 0.5) is 0 Å². The zero-order valence-electron chi connectivity index (χ0n) is 24.0. The quantitative estimate of drug-likeness (QED) is 0.438. The first kappa shape index (κ1) is 30.8. The maximum absolute atomic E-state index is 13.7. The van der Waals surface area contributed by atoms with Crippen molar-refractivity contribution < 1.29 is 24.2 Å². The molecular formula is C31H41ClN4O5. The highest BCUT2D eigenvalue weighted by Gasteiger charge is 2.45. The number of aliphatic hydroxyl groups is 1. The van der Waals surface area contributed by atoms with E-state index in [0.29, 0.717) is 37.6 Å². The minimum Gasteiger partial charge on any atom is -0.492 e. The van der Waals surface area contributed by atoms with Crippen LogP contribution in [0.5, 0.6) is 5.75 Å². The molecule has 222 valence electrons. The van der Waals surface area contributed by atoms with Crippen molar-refractivity contribution in [2.75, 3.05) is 26.7 Å². The summed E-state index contributed by atoms with van der Waals surface area (Å²) in [5.41, 5.74) is 0.277. The van der Waals surface area contributed by atoms with Crippen LogP contribution >= 0.6 is 11.6 Å². The highest BCUT2D eigenvalue weighted by Crippen LogP contribution is 2.34. The molecule has 1 saturated carbocycles. The number of halogens is 1. The monoisotopic (exact) mass is 584 g/mol. The minimum atomic E-state index is -1.57. The van der Waals surface area contributed by atoms with Gasteiger partial charge in [0.25, 0.3) is 0 Å². The Bertz CT molecular complexity index is 1210. The zero-order chi connectivity index (χ0) is 29.6. The topological polar surface area (TPSA) is 120 Å². The number of carbonyl (C=O) groups is 3. The zero-order valence-corrected chi connectivity index (χ0v) is 24.7. The Labute approximate surface area is 247 Å². The Morgan fingerprint density at radius 1 is 1.02 bits per heavy atom. The van der Waals surface area contributed by atoms with Gasteiger partial charge < -0.3 is 30.7 Å². The fraction of sp³-hybridized carbons (Fsp3) is 0.516. The molecule has 0 radical (unpaired) electrons. The number of nitrogens with one attached hydrogen (secondary N) is 3. The first-order valence-corrected chi connectivity index (χ1v) is 14.7. The molecule has 1 aliphatic heterocycles. The molecule has 2 aromatic carbocycles. The van der Waals surface area contributed by atoms with E-state index in [1.807, 2.05) is 24.3 Å². The molecule has 9 nitrogen and oxygen atoms in total. The number of fused-ring (bicyclic) bond motifs is 1. The van der Waals surface area contributed by atoms with Crippen molar-refractivity contribution in [3.63, 3.8) is 0 Å². The minimum absolute atomic E-state index is 0.150. The molecule has 41 heavy (non-hydrogen) atoms. The van der Waals surface area contributed by atoms with Gasteiger partial charge >= 0.3 is 0 Å². The number of aryl methyl sites for hydroxylation is 1. The van der Waals surface area contributed by atoms with Gasteiger partial charge in [0, 0.05) is 31.6 Å². The molecule has 4 N–H and O–H groups in total. The summed E-state index contributed by atoms with van der Waals surface area (Å²) in [5, 5.41) is 20.7. The molecule has 4 rings (SSSR count). The van der Waals surface area contributed by atoms with Gasteiger partial charge in [-0.05, 0) is 74.8 Å². The lowest BCUT2D eigenvalue weighted by atomic mass is 9.94. The van der Waals surface area contributed by atoms with Crippen molar-refractivity contribution in [3.05, 3.63) is 64.7 Å². The Morgan fingerprint density at radius 3 is 2.41 bits per heavy atom. The second-order valence-corrected chi connectivity index (χ2v) is 12.0. The van der Waals surface area contributed by atoms with Crippen LogP contribution in [-0.4, -0.2) is 78.2 Å². The van der Waals surface area contributed by atoms with E-state index in [2.05, 4.69) is 16.0 Å². The average molecular weight is 585 g/mol. The first-order chi connectivity index (χ1) is 19.5. The van der Waals surface area contributed by atoms with E-state index in [1.165, 1.54) is 25.8 Å². The summed E-state index contributed by atoms with van der Waals surface area (Å²) in [6.45, 7) is 4.21. The second kappa shape index (κ2) is 13.7. The largest absolute Gasteiger partial charge is 0.492 e. The molecule has 2 aromatic rings. The van der Waals surface area contributed by atoms with Crippen LogP contribution in [0, 0.1) is 5.92 Å². The standard InChI is InChI=1S/C31H41ClN4O5/c1-31(2,40)27-29(38)35-24(19-20-10-14-23(32)15-11-20)28(37)34-16-6-8-21-7-4-5-9-25(21)41-18-17-33-26(22-12-13-22)30(39)36(27)3/h4-5,7,9-11,14-15,22,24,26-27,33,40H,6,8,12-13,16-19H2,1-3H3,(H,34,37)(H,35,38)/t24-,26+,27-/m1/s1. The smallest absolute Gasteiger partial charge is 0.246 e. The van der Waals surface area contributed by atoms with Crippen LogP contribution in [-0.2, 0) is 27.2 Å². The number of para-hydroxylation sites is 1. The van der Waals surface area contributed by atoms with E-state index < -0.39 is 29.6 Å². The molecule has 1 heterocycles. The summed E-state index contributed by atoms with van der Waals surface area (Å²) in [7, 11) is 1.53. The summed E-state index contributed by atoms with van der Waals surface area (Å²) < 4.78 is 6.06. The van der Waals surface area contributed by atoms with Crippen LogP contribution in [0.25, 0.3) is 0 Å². The van der Waals surface area contributed by atoms with Gasteiger partial charge in [0.05, 0.1) is 11.6 Å². The van der Waals surface area contributed by atoms with E-state index in [4.69, 9.17) is 16.3 Å². The summed E-state index contributed by atoms with van der Waals surface area (Å²) in [5.74, 6) is -0.301. The predicted molar refractivity (Wildman–Crippen MR) is 158 cm³/mol. The molecule has 2 aliphatic rings. The van der Waals surface area contributed by atoms with E-state index in [1.54, 1.807) is 24.3 Å². The van der Waals surface area contributed by atoms with Crippen molar-refractivity contribution in [1.29, 1.82) is 0 Å². The third-order valence-corrected chi connectivity index (χ3v) is 7.87. The van der Waals surface area contributed by atoms with Gasteiger partial charge in [0.2, 0.25) is 17.7 Å². The van der Waals surface area contributed by atoms with Crippen LogP contribution in [0.15, 0.2) is 48.5 Å². The van der Waals surface area contributed by atoms with E-state index in [-0.39, 0.29) is 24.2 Å². The number of nitrogens with zero attached hydrogens (tertiary/aromatic N) is 1. The Kier molecular flexibility index (Phi) is 10.3.